The average molecular weight is 506 g/mol. The van der Waals surface area contributed by atoms with Gasteiger partial charge in [-0.3, -0.25) is 9.98 Å². The van der Waals surface area contributed by atoms with Crippen LogP contribution in [0.5, 0.6) is 0 Å². The Morgan fingerprint density at radius 3 is 2.69 bits per heavy atom. The van der Waals surface area contributed by atoms with Crippen molar-refractivity contribution in [1.82, 2.24) is 20.1 Å². The highest BCUT2D eigenvalue weighted by Crippen LogP contribution is 2.32. The summed E-state index contributed by atoms with van der Waals surface area (Å²) in [6.45, 7) is 7.83. The van der Waals surface area contributed by atoms with E-state index < -0.39 is 5.60 Å². The van der Waals surface area contributed by atoms with Gasteiger partial charge in [-0.05, 0) is 57.0 Å². The molecule has 0 amide bonds. The maximum atomic E-state index is 9.97. The average Bonchev–Trinajstić information content (AvgIpc) is 3.17. The third-order valence-electron chi connectivity index (χ3n) is 5.39. The summed E-state index contributed by atoms with van der Waals surface area (Å²) < 4.78 is 5.36. The lowest BCUT2D eigenvalue weighted by Crippen LogP contribution is -2.22. The molecule has 0 unspecified atom stereocenters. The van der Waals surface area contributed by atoms with Gasteiger partial charge in [0.2, 0.25) is 0 Å². The van der Waals surface area contributed by atoms with Crippen molar-refractivity contribution in [3.05, 3.63) is 70.7 Å². The second-order valence-corrected chi connectivity index (χ2v) is 9.53. The number of nitrogens with one attached hydrogen (secondary N) is 1. The first-order valence-corrected chi connectivity index (χ1v) is 11.8. The molecular weight excluding hydrogens is 478 g/mol. The highest BCUT2D eigenvalue weighted by atomic mass is 35.5. The molecule has 0 radical (unpaired) electrons. The Balaban J connectivity index is 1.79. The number of fused-ring (bicyclic) bond motifs is 1. The largest absolute Gasteiger partial charge is 0.404 e. The van der Waals surface area contributed by atoms with E-state index in [2.05, 4.69) is 20.4 Å². The van der Waals surface area contributed by atoms with Crippen molar-refractivity contribution < 1.29 is 9.63 Å². The minimum Gasteiger partial charge on any atom is -0.404 e. The van der Waals surface area contributed by atoms with E-state index in [9.17, 15) is 5.11 Å². The van der Waals surface area contributed by atoms with Gasteiger partial charge in [-0.25, -0.2) is 9.97 Å². The van der Waals surface area contributed by atoms with Crippen LogP contribution in [0.1, 0.15) is 36.7 Å². The lowest BCUT2D eigenvalue weighted by molar-refractivity contribution is 0.0906. The van der Waals surface area contributed by atoms with Crippen LogP contribution in [0.3, 0.4) is 0 Å². The molecule has 0 aliphatic rings. The molecule has 0 spiro atoms. The van der Waals surface area contributed by atoms with Crippen LogP contribution in [-0.4, -0.2) is 43.6 Å². The van der Waals surface area contributed by atoms with Gasteiger partial charge in [0.25, 0.3) is 0 Å². The van der Waals surface area contributed by atoms with Crippen molar-refractivity contribution in [3.63, 3.8) is 0 Å². The van der Waals surface area contributed by atoms with Crippen molar-refractivity contribution >= 4 is 40.1 Å². The minimum absolute atomic E-state index is 0.214. The molecule has 0 fully saturated rings. The van der Waals surface area contributed by atoms with Crippen LogP contribution in [0.2, 0.25) is 5.02 Å². The van der Waals surface area contributed by atoms with E-state index in [-0.39, 0.29) is 6.54 Å². The SMILES string of the molecule is Cc1noc(C)c1-c1ccc2nc(C(C=NCC(C)(C)O)=CN)nc(NCc3cncc(Cl)c3)c2c1. The predicted octanol–water partition coefficient (Wildman–Crippen LogP) is 4.70. The molecule has 4 aromatic rings. The lowest BCUT2D eigenvalue weighted by atomic mass is 10.0. The third kappa shape index (κ3) is 5.87. The van der Waals surface area contributed by atoms with Crippen LogP contribution in [0.25, 0.3) is 27.6 Å². The molecule has 3 aromatic heterocycles. The molecule has 4 N–H and O–H groups in total. The molecule has 9 nitrogen and oxygen atoms in total. The Morgan fingerprint density at radius 2 is 2.03 bits per heavy atom. The second-order valence-electron chi connectivity index (χ2n) is 9.10. The van der Waals surface area contributed by atoms with Gasteiger partial charge in [-0.1, -0.05) is 22.8 Å². The summed E-state index contributed by atoms with van der Waals surface area (Å²) in [5.74, 6) is 1.75. The standard InChI is InChI=1S/C26H28ClN7O2/c1-15-23(16(2)36-34-15)18-5-6-22-21(8-18)25(31-11-17-7-20(27)13-29-10-17)33-24(32-22)19(9-28)12-30-14-26(3,4)35/h5-10,12-13,35H,11,14,28H2,1-4H3,(H,31,32,33). The van der Waals surface area contributed by atoms with Crippen molar-refractivity contribution in [2.24, 2.45) is 10.7 Å². The molecule has 36 heavy (non-hydrogen) atoms. The molecule has 186 valence electrons. The monoisotopic (exact) mass is 505 g/mol. The lowest BCUT2D eigenvalue weighted by Gasteiger charge is -2.14. The number of nitrogens with two attached hydrogens (primary N) is 1. The third-order valence-corrected chi connectivity index (χ3v) is 5.59. The van der Waals surface area contributed by atoms with Gasteiger partial charge < -0.3 is 20.7 Å². The smallest absolute Gasteiger partial charge is 0.165 e. The highest BCUT2D eigenvalue weighted by molar-refractivity contribution is 6.30. The van der Waals surface area contributed by atoms with Crippen LogP contribution in [-0.2, 0) is 6.54 Å². The first kappa shape index (κ1) is 25.3. The molecule has 4 rings (SSSR count). The Hall–Kier alpha value is -3.82. The molecule has 10 heteroatoms. The number of aliphatic hydroxyl groups is 1. The van der Waals surface area contributed by atoms with Gasteiger partial charge in [0.15, 0.2) is 5.82 Å². The summed E-state index contributed by atoms with van der Waals surface area (Å²) in [7, 11) is 0. The number of hydrogen-bond acceptors (Lipinski definition) is 9. The summed E-state index contributed by atoms with van der Waals surface area (Å²) in [6.07, 6.45) is 6.30. The van der Waals surface area contributed by atoms with Gasteiger partial charge in [0, 0.05) is 42.3 Å². The number of benzene rings is 1. The number of aryl methyl sites for hydroxylation is 2. The maximum Gasteiger partial charge on any atom is 0.165 e. The molecule has 0 saturated heterocycles. The number of anilines is 1. The van der Waals surface area contributed by atoms with Gasteiger partial charge in [-0.2, -0.15) is 0 Å². The number of nitrogens with zero attached hydrogens (tertiary/aromatic N) is 5. The number of allylic oxidation sites excluding steroid dienone is 1. The van der Waals surface area contributed by atoms with Crippen LogP contribution >= 0.6 is 11.6 Å². The van der Waals surface area contributed by atoms with Crippen molar-refractivity contribution in [2.75, 3.05) is 11.9 Å². The molecular formula is C26H28ClN7O2. The highest BCUT2D eigenvalue weighted by Gasteiger charge is 2.16. The molecule has 1 aromatic carbocycles. The zero-order valence-electron chi connectivity index (χ0n) is 20.6. The van der Waals surface area contributed by atoms with Gasteiger partial charge in [-0.15, -0.1) is 0 Å². The van der Waals surface area contributed by atoms with Crippen LogP contribution < -0.4 is 11.1 Å². The molecule has 0 atom stereocenters. The Bertz CT molecular complexity index is 1440. The van der Waals surface area contributed by atoms with Crippen LogP contribution in [0, 0.1) is 13.8 Å². The van der Waals surface area contributed by atoms with E-state index in [1.54, 1.807) is 32.5 Å². The summed E-state index contributed by atoms with van der Waals surface area (Å²) in [5, 5.41) is 18.8. The quantitative estimate of drug-likeness (QED) is 0.293. The van der Waals surface area contributed by atoms with Crippen molar-refractivity contribution in [2.45, 2.75) is 39.8 Å². The number of hydrogen-bond donors (Lipinski definition) is 3. The topological polar surface area (TPSA) is 135 Å². The summed E-state index contributed by atoms with van der Waals surface area (Å²) in [4.78, 5) is 18.0. The number of halogens is 1. The first-order chi connectivity index (χ1) is 17.1. The van der Waals surface area contributed by atoms with E-state index in [1.165, 1.54) is 6.20 Å². The number of aliphatic imine (C=N–C) groups is 1. The molecule has 3 heterocycles. The number of rotatable bonds is 8. The zero-order chi connectivity index (χ0) is 25.9. The molecule has 0 aliphatic carbocycles. The van der Waals surface area contributed by atoms with Crippen molar-refractivity contribution in [3.8, 4) is 11.1 Å². The Kier molecular flexibility index (Phi) is 7.32. The van der Waals surface area contributed by atoms with E-state index in [1.807, 2.05) is 38.1 Å². The summed E-state index contributed by atoms with van der Waals surface area (Å²) in [5.41, 5.74) is 9.80. The van der Waals surface area contributed by atoms with Gasteiger partial charge in [0.05, 0.1) is 34.0 Å². The Morgan fingerprint density at radius 1 is 1.22 bits per heavy atom. The second kappa shape index (κ2) is 10.4. The molecule has 0 bridgehead atoms. The first-order valence-electron chi connectivity index (χ1n) is 11.4. The van der Waals surface area contributed by atoms with E-state index in [0.29, 0.717) is 28.8 Å². The van der Waals surface area contributed by atoms with Gasteiger partial charge >= 0.3 is 0 Å². The maximum absolute atomic E-state index is 9.97. The minimum atomic E-state index is -0.938. The Labute approximate surface area is 214 Å². The fraction of sp³-hybridized carbons (Fsp3) is 0.269. The van der Waals surface area contributed by atoms with E-state index in [4.69, 9.17) is 31.8 Å². The zero-order valence-corrected chi connectivity index (χ0v) is 21.3. The normalized spacial score (nSPS) is 12.6. The fourth-order valence-corrected chi connectivity index (χ4v) is 3.92. The van der Waals surface area contributed by atoms with Crippen molar-refractivity contribution in [1.29, 1.82) is 0 Å². The molecule has 0 aliphatic heterocycles. The van der Waals surface area contributed by atoms with Gasteiger partial charge in [0.1, 0.15) is 11.6 Å². The van der Waals surface area contributed by atoms with E-state index >= 15 is 0 Å². The predicted molar refractivity (Wildman–Crippen MR) is 143 cm³/mol. The fourth-order valence-electron chi connectivity index (χ4n) is 3.72. The van der Waals surface area contributed by atoms with Crippen LogP contribution in [0.15, 0.2) is 52.4 Å². The van der Waals surface area contributed by atoms with Crippen LogP contribution in [0.4, 0.5) is 5.82 Å². The summed E-state index contributed by atoms with van der Waals surface area (Å²) in [6, 6.07) is 7.76. The number of pyridine rings is 1. The molecule has 0 saturated carbocycles. The summed E-state index contributed by atoms with van der Waals surface area (Å²) >= 11 is 6.11. The van der Waals surface area contributed by atoms with E-state index in [0.717, 1.165) is 39.0 Å². The number of aromatic nitrogens is 4.